The van der Waals surface area contributed by atoms with Gasteiger partial charge >= 0.3 is 5.97 Å². The Morgan fingerprint density at radius 2 is 1.53 bits per heavy atom. The zero-order chi connectivity index (χ0) is 26.2. The molecule has 0 bridgehead atoms. The smallest absolute Gasteiger partial charge is 0.330 e. The third-order valence-corrected chi connectivity index (χ3v) is 5.43. The number of nitrogens with one attached hydrogen (secondary N) is 2. The first kappa shape index (κ1) is 26.1. The fraction of sp³-hybridized carbons (Fsp3) is 0.222. The SMILES string of the molecule is Cc1ccc(NC(=O)C(OC(=O)[C@@H](NC(=O)c2ccccc2)C(C)C)c2ccccc2)c([N+](=O)[O-])c1. The zero-order valence-electron chi connectivity index (χ0n) is 20.1. The molecule has 0 fully saturated rings. The van der Waals surface area contributed by atoms with Gasteiger partial charge in [0.05, 0.1) is 4.92 Å². The lowest BCUT2D eigenvalue weighted by molar-refractivity contribution is -0.384. The average molecular weight is 490 g/mol. The lowest BCUT2D eigenvalue weighted by Crippen LogP contribution is -2.46. The monoisotopic (exact) mass is 489 g/mol. The molecule has 36 heavy (non-hydrogen) atoms. The molecule has 1 unspecified atom stereocenters. The van der Waals surface area contributed by atoms with Crippen LogP contribution in [0.4, 0.5) is 11.4 Å². The van der Waals surface area contributed by atoms with Crippen LogP contribution in [-0.2, 0) is 14.3 Å². The van der Waals surface area contributed by atoms with E-state index >= 15 is 0 Å². The Morgan fingerprint density at radius 1 is 0.917 bits per heavy atom. The van der Waals surface area contributed by atoms with Crippen LogP contribution in [0.15, 0.2) is 78.9 Å². The summed E-state index contributed by atoms with van der Waals surface area (Å²) in [7, 11) is 0. The summed E-state index contributed by atoms with van der Waals surface area (Å²) in [6, 6.07) is 20.1. The van der Waals surface area contributed by atoms with E-state index in [1.165, 1.54) is 12.1 Å². The Balaban J connectivity index is 1.86. The summed E-state index contributed by atoms with van der Waals surface area (Å²) in [5, 5.41) is 16.7. The molecule has 0 aromatic heterocycles. The number of carbonyl (C=O) groups is 3. The highest BCUT2D eigenvalue weighted by atomic mass is 16.6. The zero-order valence-corrected chi connectivity index (χ0v) is 20.1. The second kappa shape index (κ2) is 11.7. The molecule has 0 saturated heterocycles. The molecular formula is C27H27N3O6. The lowest BCUT2D eigenvalue weighted by Gasteiger charge is -2.24. The van der Waals surface area contributed by atoms with Crippen LogP contribution in [0.3, 0.4) is 0 Å². The number of nitrogens with zero attached hydrogens (tertiary/aromatic N) is 1. The summed E-state index contributed by atoms with van der Waals surface area (Å²) in [4.78, 5) is 50.0. The van der Waals surface area contributed by atoms with Gasteiger partial charge < -0.3 is 15.4 Å². The molecule has 3 aromatic rings. The third-order valence-electron chi connectivity index (χ3n) is 5.43. The predicted molar refractivity (Wildman–Crippen MR) is 134 cm³/mol. The van der Waals surface area contributed by atoms with Crippen LogP contribution >= 0.6 is 0 Å². The van der Waals surface area contributed by atoms with Gasteiger partial charge in [-0.1, -0.05) is 68.4 Å². The minimum absolute atomic E-state index is 0.0228. The van der Waals surface area contributed by atoms with E-state index in [9.17, 15) is 24.5 Å². The highest BCUT2D eigenvalue weighted by Gasteiger charge is 2.33. The van der Waals surface area contributed by atoms with E-state index in [2.05, 4.69) is 10.6 Å². The highest BCUT2D eigenvalue weighted by Crippen LogP contribution is 2.28. The van der Waals surface area contributed by atoms with Gasteiger partial charge in [0.25, 0.3) is 17.5 Å². The Hall–Kier alpha value is -4.53. The fourth-order valence-electron chi connectivity index (χ4n) is 3.50. The van der Waals surface area contributed by atoms with Gasteiger partial charge in [0.15, 0.2) is 0 Å². The van der Waals surface area contributed by atoms with Gasteiger partial charge in [0.1, 0.15) is 11.7 Å². The van der Waals surface area contributed by atoms with Crippen molar-refractivity contribution in [2.45, 2.75) is 32.9 Å². The Bertz CT molecular complexity index is 1240. The Labute approximate surface area is 208 Å². The second-order valence-corrected chi connectivity index (χ2v) is 8.56. The summed E-state index contributed by atoms with van der Waals surface area (Å²) in [5.74, 6) is -2.37. The van der Waals surface area contributed by atoms with Crippen LogP contribution in [0, 0.1) is 23.0 Å². The van der Waals surface area contributed by atoms with Crippen molar-refractivity contribution in [3.8, 4) is 0 Å². The Morgan fingerprint density at radius 3 is 2.11 bits per heavy atom. The normalized spacial score (nSPS) is 12.3. The van der Waals surface area contributed by atoms with Gasteiger partial charge in [-0.3, -0.25) is 19.7 Å². The van der Waals surface area contributed by atoms with Crippen molar-refractivity contribution in [2.24, 2.45) is 5.92 Å². The van der Waals surface area contributed by atoms with Crippen molar-refractivity contribution in [1.82, 2.24) is 5.32 Å². The number of anilines is 1. The largest absolute Gasteiger partial charge is 0.446 e. The van der Waals surface area contributed by atoms with Crippen LogP contribution in [0.25, 0.3) is 0 Å². The molecule has 0 heterocycles. The number of esters is 1. The van der Waals surface area contributed by atoms with Gasteiger partial charge in [-0.15, -0.1) is 0 Å². The van der Waals surface area contributed by atoms with Crippen molar-refractivity contribution in [1.29, 1.82) is 0 Å². The maximum absolute atomic E-state index is 13.2. The molecule has 9 nitrogen and oxygen atoms in total. The quantitative estimate of drug-likeness (QED) is 0.257. The minimum Gasteiger partial charge on any atom is -0.446 e. The van der Waals surface area contributed by atoms with Gasteiger partial charge in [0.2, 0.25) is 6.10 Å². The van der Waals surface area contributed by atoms with Crippen LogP contribution in [0.5, 0.6) is 0 Å². The molecule has 9 heteroatoms. The van der Waals surface area contributed by atoms with Crippen LogP contribution in [0.2, 0.25) is 0 Å². The summed E-state index contributed by atoms with van der Waals surface area (Å²) < 4.78 is 5.62. The van der Waals surface area contributed by atoms with Crippen molar-refractivity contribution in [3.05, 3.63) is 106 Å². The van der Waals surface area contributed by atoms with E-state index in [1.807, 2.05) is 0 Å². The van der Waals surface area contributed by atoms with Crippen LogP contribution < -0.4 is 10.6 Å². The van der Waals surface area contributed by atoms with Crippen molar-refractivity contribution in [2.75, 3.05) is 5.32 Å². The van der Waals surface area contributed by atoms with Gasteiger partial charge in [-0.2, -0.15) is 0 Å². The molecule has 3 aromatic carbocycles. The number of aryl methyl sites for hydroxylation is 1. The number of benzene rings is 3. The maximum Gasteiger partial charge on any atom is 0.330 e. The number of ether oxygens (including phenoxy) is 1. The molecule has 0 spiro atoms. The van der Waals surface area contributed by atoms with Crippen molar-refractivity contribution >= 4 is 29.2 Å². The van der Waals surface area contributed by atoms with E-state index in [1.54, 1.807) is 87.5 Å². The number of nitro benzene ring substituents is 1. The molecule has 3 rings (SSSR count). The fourth-order valence-corrected chi connectivity index (χ4v) is 3.50. The molecule has 2 amide bonds. The first-order chi connectivity index (χ1) is 17.2. The first-order valence-electron chi connectivity index (χ1n) is 11.3. The summed E-state index contributed by atoms with van der Waals surface area (Å²) in [6.45, 7) is 5.18. The minimum atomic E-state index is -1.41. The van der Waals surface area contributed by atoms with E-state index in [0.29, 0.717) is 16.7 Å². The molecule has 0 aliphatic rings. The molecule has 0 aliphatic heterocycles. The van der Waals surface area contributed by atoms with E-state index < -0.39 is 34.9 Å². The molecule has 2 N–H and O–H groups in total. The number of amides is 2. The molecule has 186 valence electrons. The third kappa shape index (κ3) is 6.53. The number of nitro groups is 1. The number of rotatable bonds is 9. The van der Waals surface area contributed by atoms with Crippen molar-refractivity contribution in [3.63, 3.8) is 0 Å². The summed E-state index contributed by atoms with van der Waals surface area (Å²) in [6.07, 6.45) is -1.41. The molecule has 2 atom stereocenters. The van der Waals surface area contributed by atoms with Crippen LogP contribution in [-0.4, -0.2) is 28.7 Å². The Kier molecular flexibility index (Phi) is 8.51. The lowest BCUT2D eigenvalue weighted by atomic mass is 10.0. The molecular weight excluding hydrogens is 462 g/mol. The average Bonchev–Trinajstić information content (AvgIpc) is 2.87. The summed E-state index contributed by atoms with van der Waals surface area (Å²) >= 11 is 0. The topological polar surface area (TPSA) is 128 Å². The maximum atomic E-state index is 13.2. The molecule has 0 saturated carbocycles. The van der Waals surface area contributed by atoms with Gasteiger partial charge in [-0.05, 0) is 36.6 Å². The predicted octanol–water partition coefficient (Wildman–Crippen LogP) is 4.58. The second-order valence-electron chi connectivity index (χ2n) is 8.56. The van der Waals surface area contributed by atoms with Gasteiger partial charge in [-0.25, -0.2) is 4.79 Å². The van der Waals surface area contributed by atoms with E-state index in [0.717, 1.165) is 0 Å². The van der Waals surface area contributed by atoms with Gasteiger partial charge in [0, 0.05) is 17.2 Å². The number of carbonyl (C=O) groups excluding carboxylic acids is 3. The standard InChI is InChI=1S/C27H27N3O6/c1-17(2)23(29-25(31)20-12-8-5-9-13-20)27(33)36-24(19-10-6-4-7-11-19)26(32)28-21-15-14-18(3)16-22(21)30(34)35/h4-17,23-24H,1-3H3,(H,28,32)(H,29,31)/t23-,24?/m0/s1. The molecule has 0 radical (unpaired) electrons. The first-order valence-corrected chi connectivity index (χ1v) is 11.3. The molecule has 0 aliphatic carbocycles. The van der Waals surface area contributed by atoms with Crippen molar-refractivity contribution < 1.29 is 24.0 Å². The van der Waals surface area contributed by atoms with E-state index in [4.69, 9.17) is 4.74 Å². The van der Waals surface area contributed by atoms with Crippen LogP contribution in [0.1, 0.15) is 41.4 Å². The summed E-state index contributed by atoms with van der Waals surface area (Å²) in [5.41, 5.74) is 1.09. The van der Waals surface area contributed by atoms with E-state index in [-0.39, 0.29) is 17.3 Å². The highest BCUT2D eigenvalue weighted by molar-refractivity contribution is 5.99. The number of hydrogen-bond donors (Lipinski definition) is 2. The number of hydrogen-bond acceptors (Lipinski definition) is 6.